The van der Waals surface area contributed by atoms with E-state index in [1.165, 1.54) is 10.5 Å². The first-order chi connectivity index (χ1) is 9.83. The molecule has 2 N–H and O–H groups in total. The van der Waals surface area contributed by atoms with Crippen molar-refractivity contribution < 1.29 is 13.2 Å². The van der Waals surface area contributed by atoms with Gasteiger partial charge in [-0.25, -0.2) is 0 Å². The van der Waals surface area contributed by atoms with Gasteiger partial charge in [0.25, 0.3) is 0 Å². The third-order valence-corrected chi connectivity index (χ3v) is 4.26. The molecule has 1 aliphatic carbocycles. The van der Waals surface area contributed by atoms with E-state index in [1.54, 1.807) is 0 Å². The quantitative estimate of drug-likeness (QED) is 0.915. The summed E-state index contributed by atoms with van der Waals surface area (Å²) >= 11 is 0. The first-order valence-corrected chi connectivity index (χ1v) is 7.48. The third kappa shape index (κ3) is 3.77. The highest BCUT2D eigenvalue weighted by Crippen LogP contribution is 2.39. The summed E-state index contributed by atoms with van der Waals surface area (Å²) in [5.41, 5.74) is 8.46. The summed E-state index contributed by atoms with van der Waals surface area (Å²) in [6.45, 7) is 3.51. The van der Waals surface area contributed by atoms with E-state index < -0.39 is 12.7 Å². The van der Waals surface area contributed by atoms with E-state index in [9.17, 15) is 13.2 Å². The van der Waals surface area contributed by atoms with Crippen molar-refractivity contribution in [2.24, 2.45) is 5.73 Å². The van der Waals surface area contributed by atoms with Crippen molar-refractivity contribution in [3.63, 3.8) is 0 Å². The zero-order valence-electron chi connectivity index (χ0n) is 12.5. The molecule has 0 spiro atoms. The molecule has 3 atom stereocenters. The number of benzene rings is 1. The molecule has 2 rings (SSSR count). The fourth-order valence-electron chi connectivity index (χ4n) is 3.36. The molecule has 1 aliphatic rings. The van der Waals surface area contributed by atoms with E-state index >= 15 is 0 Å². The predicted molar refractivity (Wildman–Crippen MR) is 78.1 cm³/mol. The number of rotatable bonds is 4. The monoisotopic (exact) mass is 300 g/mol. The molecule has 1 aromatic carbocycles. The molecule has 0 fully saturated rings. The van der Waals surface area contributed by atoms with Crippen LogP contribution < -0.4 is 5.73 Å². The van der Waals surface area contributed by atoms with Gasteiger partial charge in [-0.3, -0.25) is 4.90 Å². The highest BCUT2D eigenvalue weighted by atomic mass is 19.4. The SMILES string of the molecule is CCCN(CC(F)(F)F)C1CC(C)c2ccccc2C1N. The highest BCUT2D eigenvalue weighted by Gasteiger charge is 2.39. The molecule has 118 valence electrons. The van der Waals surface area contributed by atoms with Gasteiger partial charge in [0.1, 0.15) is 0 Å². The van der Waals surface area contributed by atoms with Gasteiger partial charge < -0.3 is 5.73 Å². The Kier molecular flexibility index (Phi) is 4.94. The summed E-state index contributed by atoms with van der Waals surface area (Å²) < 4.78 is 38.5. The molecule has 2 nitrogen and oxygen atoms in total. The van der Waals surface area contributed by atoms with Gasteiger partial charge in [-0.15, -0.1) is 0 Å². The Morgan fingerprint density at radius 1 is 1.24 bits per heavy atom. The maximum absolute atomic E-state index is 12.8. The van der Waals surface area contributed by atoms with Crippen LogP contribution in [0, 0.1) is 0 Å². The van der Waals surface area contributed by atoms with Gasteiger partial charge >= 0.3 is 6.18 Å². The molecule has 21 heavy (non-hydrogen) atoms. The first kappa shape index (κ1) is 16.3. The van der Waals surface area contributed by atoms with Gasteiger partial charge in [0.15, 0.2) is 0 Å². The van der Waals surface area contributed by atoms with Gasteiger partial charge in [0.05, 0.1) is 6.54 Å². The highest BCUT2D eigenvalue weighted by molar-refractivity contribution is 5.36. The average Bonchev–Trinajstić information content (AvgIpc) is 2.41. The summed E-state index contributed by atoms with van der Waals surface area (Å²) in [7, 11) is 0. The van der Waals surface area contributed by atoms with Gasteiger partial charge in [0, 0.05) is 12.1 Å². The van der Waals surface area contributed by atoms with Crippen molar-refractivity contribution in [2.45, 2.75) is 50.9 Å². The van der Waals surface area contributed by atoms with Crippen LogP contribution >= 0.6 is 0 Å². The molecule has 0 saturated carbocycles. The number of halogens is 3. The topological polar surface area (TPSA) is 29.3 Å². The third-order valence-electron chi connectivity index (χ3n) is 4.26. The van der Waals surface area contributed by atoms with Crippen molar-refractivity contribution in [1.29, 1.82) is 0 Å². The molecule has 0 amide bonds. The van der Waals surface area contributed by atoms with Gasteiger partial charge in [-0.2, -0.15) is 13.2 Å². The maximum atomic E-state index is 12.8. The number of hydrogen-bond acceptors (Lipinski definition) is 2. The molecule has 0 heterocycles. The summed E-state index contributed by atoms with van der Waals surface area (Å²) in [6, 6.07) is 7.23. The van der Waals surface area contributed by atoms with Crippen LogP contribution in [-0.2, 0) is 0 Å². The fourth-order valence-corrected chi connectivity index (χ4v) is 3.36. The zero-order chi connectivity index (χ0) is 15.6. The molecule has 0 aromatic heterocycles. The van der Waals surface area contributed by atoms with Crippen LogP contribution in [0.4, 0.5) is 13.2 Å². The Bertz CT molecular complexity index is 473. The lowest BCUT2D eigenvalue weighted by atomic mass is 9.77. The predicted octanol–water partition coefficient (Wildman–Crippen LogP) is 3.84. The normalized spacial score (nSPS) is 26.0. The van der Waals surface area contributed by atoms with Crippen LogP contribution in [0.2, 0.25) is 0 Å². The van der Waals surface area contributed by atoms with Crippen LogP contribution in [0.5, 0.6) is 0 Å². The summed E-state index contributed by atoms with van der Waals surface area (Å²) in [4.78, 5) is 1.51. The zero-order valence-corrected chi connectivity index (χ0v) is 12.5. The second kappa shape index (κ2) is 6.36. The van der Waals surface area contributed by atoms with Gasteiger partial charge in [0.2, 0.25) is 0 Å². The summed E-state index contributed by atoms with van der Waals surface area (Å²) in [5, 5.41) is 0. The minimum atomic E-state index is -4.19. The summed E-state index contributed by atoms with van der Waals surface area (Å²) in [6.07, 6.45) is -2.82. The molecular formula is C16H23F3N2. The minimum absolute atomic E-state index is 0.235. The standard InChI is InChI=1S/C16H23F3N2/c1-3-8-21(10-16(17,18)19)14-9-11(2)12-6-4-5-7-13(12)15(14)20/h4-7,11,14-15H,3,8-10,20H2,1-2H3. The fraction of sp³-hybridized carbons (Fsp3) is 0.625. The molecular weight excluding hydrogens is 277 g/mol. The van der Waals surface area contributed by atoms with Crippen LogP contribution in [0.15, 0.2) is 24.3 Å². The van der Waals surface area contributed by atoms with Crippen LogP contribution in [0.3, 0.4) is 0 Å². The molecule has 0 aliphatic heterocycles. The number of fused-ring (bicyclic) bond motifs is 1. The van der Waals surface area contributed by atoms with E-state index in [2.05, 4.69) is 6.92 Å². The Hall–Kier alpha value is -1.07. The molecule has 3 unspecified atom stereocenters. The van der Waals surface area contributed by atoms with Crippen LogP contribution in [0.1, 0.15) is 49.8 Å². The molecule has 5 heteroatoms. The molecule has 0 saturated heterocycles. The van der Waals surface area contributed by atoms with Crippen molar-refractivity contribution >= 4 is 0 Å². The van der Waals surface area contributed by atoms with E-state index in [0.717, 1.165) is 5.56 Å². The minimum Gasteiger partial charge on any atom is -0.323 e. The Balaban J connectivity index is 2.26. The number of nitrogens with zero attached hydrogens (tertiary/aromatic N) is 1. The molecule has 0 radical (unpaired) electrons. The Labute approximate surface area is 124 Å². The van der Waals surface area contributed by atoms with Crippen molar-refractivity contribution in [2.75, 3.05) is 13.1 Å². The van der Waals surface area contributed by atoms with Gasteiger partial charge in [-0.1, -0.05) is 38.1 Å². The number of hydrogen-bond donors (Lipinski definition) is 1. The van der Waals surface area contributed by atoms with Crippen LogP contribution in [0.25, 0.3) is 0 Å². The second-order valence-electron chi connectivity index (χ2n) is 5.94. The number of alkyl halides is 3. The second-order valence-corrected chi connectivity index (χ2v) is 5.94. The molecule has 1 aromatic rings. The maximum Gasteiger partial charge on any atom is 0.401 e. The van der Waals surface area contributed by atoms with Crippen molar-refractivity contribution in [3.8, 4) is 0 Å². The van der Waals surface area contributed by atoms with E-state index in [1.807, 2.05) is 31.2 Å². The number of nitrogens with two attached hydrogens (primary N) is 1. The lowest BCUT2D eigenvalue weighted by Crippen LogP contribution is -2.49. The van der Waals surface area contributed by atoms with E-state index in [0.29, 0.717) is 19.4 Å². The molecule has 0 bridgehead atoms. The van der Waals surface area contributed by atoms with E-state index in [-0.39, 0.29) is 18.0 Å². The van der Waals surface area contributed by atoms with Crippen molar-refractivity contribution in [1.82, 2.24) is 4.90 Å². The lowest BCUT2D eigenvalue weighted by molar-refractivity contribution is -0.152. The van der Waals surface area contributed by atoms with Crippen molar-refractivity contribution in [3.05, 3.63) is 35.4 Å². The Morgan fingerprint density at radius 3 is 2.43 bits per heavy atom. The summed E-state index contributed by atoms with van der Waals surface area (Å²) in [5.74, 6) is 0.235. The lowest BCUT2D eigenvalue weighted by Gasteiger charge is -2.42. The van der Waals surface area contributed by atoms with E-state index in [4.69, 9.17) is 5.73 Å². The average molecular weight is 300 g/mol. The largest absolute Gasteiger partial charge is 0.401 e. The van der Waals surface area contributed by atoms with Crippen LogP contribution in [-0.4, -0.2) is 30.2 Å². The Morgan fingerprint density at radius 2 is 1.86 bits per heavy atom. The first-order valence-electron chi connectivity index (χ1n) is 7.48. The smallest absolute Gasteiger partial charge is 0.323 e. The van der Waals surface area contributed by atoms with Gasteiger partial charge in [-0.05, 0) is 36.4 Å².